The smallest absolute Gasteiger partial charge is 0.334 e. The van der Waals surface area contributed by atoms with E-state index in [-0.39, 0.29) is 17.1 Å². The first-order chi connectivity index (χ1) is 7.59. The molecule has 0 aliphatic heterocycles. The molecule has 0 heterocycles. The molecule has 0 radical (unpaired) electrons. The minimum Gasteiger partial charge on any atom is -0.486 e. The van der Waals surface area contributed by atoms with Crippen molar-refractivity contribution >= 4 is 27.3 Å². The molecule has 1 aromatic rings. The molecule has 1 fully saturated rings. The number of nitrogen functional groups attached to an aromatic ring is 1. The second-order valence-electron chi connectivity index (χ2n) is 3.83. The third-order valence-electron chi connectivity index (χ3n) is 2.46. The van der Waals surface area contributed by atoms with E-state index in [9.17, 15) is 10.1 Å². The molecule has 0 aromatic heterocycles. The molecular weight excluding hydrogens is 276 g/mol. The van der Waals surface area contributed by atoms with Crippen LogP contribution in [-0.4, -0.2) is 11.5 Å². The van der Waals surface area contributed by atoms with Crippen LogP contribution in [0.5, 0.6) is 5.75 Å². The lowest BCUT2D eigenvalue weighted by Crippen LogP contribution is -2.04. The van der Waals surface area contributed by atoms with Gasteiger partial charge in [0.05, 0.1) is 16.0 Å². The number of rotatable bonds is 4. The van der Waals surface area contributed by atoms with Crippen molar-refractivity contribution in [3.05, 3.63) is 26.7 Å². The number of hydrogen-bond donors (Lipinski definition) is 1. The van der Waals surface area contributed by atoms with Crippen molar-refractivity contribution in [2.75, 3.05) is 12.3 Å². The zero-order valence-electron chi connectivity index (χ0n) is 8.48. The van der Waals surface area contributed by atoms with Crippen molar-refractivity contribution in [2.24, 2.45) is 5.92 Å². The Morgan fingerprint density at radius 2 is 2.25 bits per heavy atom. The Kier molecular flexibility index (Phi) is 3.00. The molecule has 5 nitrogen and oxygen atoms in total. The van der Waals surface area contributed by atoms with Crippen LogP contribution in [0.15, 0.2) is 16.6 Å². The molecule has 16 heavy (non-hydrogen) atoms. The van der Waals surface area contributed by atoms with Gasteiger partial charge in [-0.25, -0.2) is 0 Å². The molecular formula is C10H11BrN2O3. The molecule has 0 unspecified atom stereocenters. The molecule has 1 saturated carbocycles. The standard InChI is InChI=1S/C10H11BrN2O3/c11-7-3-4-8(12)9(13(14)15)10(7)16-5-6-1-2-6/h3-4,6H,1-2,5,12H2. The summed E-state index contributed by atoms with van der Waals surface area (Å²) < 4.78 is 6.03. The zero-order chi connectivity index (χ0) is 11.7. The molecule has 1 aromatic carbocycles. The number of nitro groups is 1. The average molecular weight is 287 g/mol. The Bertz CT molecular complexity index is 432. The van der Waals surface area contributed by atoms with E-state index in [2.05, 4.69) is 15.9 Å². The fraction of sp³-hybridized carbons (Fsp3) is 0.400. The molecule has 0 saturated heterocycles. The van der Waals surface area contributed by atoms with E-state index in [1.807, 2.05) is 0 Å². The Balaban J connectivity index is 2.30. The quantitative estimate of drug-likeness (QED) is 0.524. The van der Waals surface area contributed by atoms with Gasteiger partial charge >= 0.3 is 5.69 Å². The topological polar surface area (TPSA) is 78.4 Å². The summed E-state index contributed by atoms with van der Waals surface area (Å²) in [6.45, 7) is 0.517. The molecule has 1 aliphatic rings. The van der Waals surface area contributed by atoms with Crippen molar-refractivity contribution in [1.29, 1.82) is 0 Å². The van der Waals surface area contributed by atoms with Gasteiger partial charge in [0.1, 0.15) is 5.69 Å². The van der Waals surface area contributed by atoms with Gasteiger partial charge in [0.15, 0.2) is 0 Å². The summed E-state index contributed by atoms with van der Waals surface area (Å²) in [5.74, 6) is 0.768. The van der Waals surface area contributed by atoms with Crippen molar-refractivity contribution in [1.82, 2.24) is 0 Å². The molecule has 2 N–H and O–H groups in total. The number of benzene rings is 1. The maximum absolute atomic E-state index is 10.9. The lowest BCUT2D eigenvalue weighted by atomic mass is 10.2. The maximum Gasteiger partial charge on any atom is 0.334 e. The monoisotopic (exact) mass is 286 g/mol. The highest BCUT2D eigenvalue weighted by molar-refractivity contribution is 9.10. The van der Waals surface area contributed by atoms with Crippen LogP contribution in [-0.2, 0) is 0 Å². The number of hydrogen-bond acceptors (Lipinski definition) is 4. The van der Waals surface area contributed by atoms with Gasteiger partial charge < -0.3 is 10.5 Å². The second kappa shape index (κ2) is 4.29. The molecule has 86 valence electrons. The van der Waals surface area contributed by atoms with Gasteiger partial charge in [0.25, 0.3) is 0 Å². The van der Waals surface area contributed by atoms with Gasteiger partial charge in [-0.1, -0.05) is 0 Å². The van der Waals surface area contributed by atoms with Gasteiger partial charge in [-0.05, 0) is 46.8 Å². The lowest BCUT2D eigenvalue weighted by molar-refractivity contribution is -0.385. The fourth-order valence-corrected chi connectivity index (χ4v) is 1.81. The molecule has 0 spiro atoms. The second-order valence-corrected chi connectivity index (χ2v) is 4.68. The first-order valence-corrected chi connectivity index (χ1v) is 5.74. The van der Waals surface area contributed by atoms with Crippen molar-refractivity contribution in [3.8, 4) is 5.75 Å². The molecule has 0 bridgehead atoms. The number of nitrogens with two attached hydrogens (primary N) is 1. The Morgan fingerprint density at radius 1 is 1.56 bits per heavy atom. The SMILES string of the molecule is Nc1ccc(Br)c(OCC2CC2)c1[N+](=O)[O-]. The normalized spacial score (nSPS) is 14.8. The number of nitrogens with zero attached hydrogens (tertiary/aromatic N) is 1. The van der Waals surface area contributed by atoms with E-state index >= 15 is 0 Å². The lowest BCUT2D eigenvalue weighted by Gasteiger charge is -2.09. The maximum atomic E-state index is 10.9. The number of anilines is 1. The summed E-state index contributed by atoms with van der Waals surface area (Å²) >= 11 is 3.24. The zero-order valence-corrected chi connectivity index (χ0v) is 10.1. The number of nitro benzene ring substituents is 1. The van der Waals surface area contributed by atoms with Gasteiger partial charge in [-0.15, -0.1) is 0 Å². The summed E-state index contributed by atoms with van der Waals surface area (Å²) in [5.41, 5.74) is 5.54. The van der Waals surface area contributed by atoms with Crippen LogP contribution in [0.3, 0.4) is 0 Å². The molecule has 1 aliphatic carbocycles. The Labute approximate surface area is 101 Å². The van der Waals surface area contributed by atoms with E-state index in [0.717, 1.165) is 12.8 Å². The predicted molar refractivity (Wildman–Crippen MR) is 63.4 cm³/mol. The highest BCUT2D eigenvalue weighted by Gasteiger charge is 2.26. The molecule has 0 atom stereocenters. The first kappa shape index (κ1) is 11.2. The summed E-state index contributed by atoms with van der Waals surface area (Å²) in [5, 5.41) is 10.9. The average Bonchev–Trinajstić information content (AvgIpc) is 3.02. The van der Waals surface area contributed by atoms with Gasteiger partial charge in [0, 0.05) is 0 Å². The first-order valence-electron chi connectivity index (χ1n) is 4.94. The van der Waals surface area contributed by atoms with E-state index in [4.69, 9.17) is 10.5 Å². The van der Waals surface area contributed by atoms with Crippen LogP contribution in [0.25, 0.3) is 0 Å². The van der Waals surface area contributed by atoms with Crippen LogP contribution in [0, 0.1) is 16.0 Å². The van der Waals surface area contributed by atoms with E-state index in [1.54, 1.807) is 6.07 Å². The van der Waals surface area contributed by atoms with Crippen molar-refractivity contribution in [3.63, 3.8) is 0 Å². The van der Waals surface area contributed by atoms with E-state index < -0.39 is 4.92 Å². The van der Waals surface area contributed by atoms with Gasteiger partial charge in [0.2, 0.25) is 5.75 Å². The van der Waals surface area contributed by atoms with Crippen LogP contribution in [0.1, 0.15) is 12.8 Å². The van der Waals surface area contributed by atoms with Crippen LogP contribution >= 0.6 is 15.9 Å². The van der Waals surface area contributed by atoms with Gasteiger partial charge in [-0.2, -0.15) is 0 Å². The summed E-state index contributed by atoms with van der Waals surface area (Å²) in [7, 11) is 0. The van der Waals surface area contributed by atoms with Crippen molar-refractivity contribution < 1.29 is 9.66 Å². The third-order valence-corrected chi connectivity index (χ3v) is 3.08. The third kappa shape index (κ3) is 2.27. The fourth-order valence-electron chi connectivity index (χ4n) is 1.37. The highest BCUT2D eigenvalue weighted by atomic mass is 79.9. The summed E-state index contributed by atoms with van der Waals surface area (Å²) in [6, 6.07) is 3.15. The minimum absolute atomic E-state index is 0.124. The molecule has 0 amide bonds. The Hall–Kier alpha value is -1.30. The van der Waals surface area contributed by atoms with Crippen LogP contribution in [0.4, 0.5) is 11.4 Å². The van der Waals surface area contributed by atoms with Crippen LogP contribution < -0.4 is 10.5 Å². The largest absolute Gasteiger partial charge is 0.486 e. The number of ether oxygens (including phenoxy) is 1. The highest BCUT2D eigenvalue weighted by Crippen LogP contribution is 2.40. The predicted octanol–water partition coefficient (Wildman–Crippen LogP) is 2.73. The molecule has 2 rings (SSSR count). The van der Waals surface area contributed by atoms with E-state index in [0.29, 0.717) is 17.0 Å². The molecule has 6 heteroatoms. The summed E-state index contributed by atoms with van der Waals surface area (Å²) in [6.07, 6.45) is 2.27. The van der Waals surface area contributed by atoms with E-state index in [1.165, 1.54) is 6.07 Å². The van der Waals surface area contributed by atoms with Crippen LogP contribution in [0.2, 0.25) is 0 Å². The minimum atomic E-state index is -0.512. The number of halogens is 1. The van der Waals surface area contributed by atoms with Gasteiger partial charge in [-0.3, -0.25) is 10.1 Å². The summed E-state index contributed by atoms with van der Waals surface area (Å²) in [4.78, 5) is 10.4. The van der Waals surface area contributed by atoms with Crippen molar-refractivity contribution in [2.45, 2.75) is 12.8 Å². The Morgan fingerprint density at radius 3 is 2.81 bits per heavy atom.